The van der Waals surface area contributed by atoms with Crippen LogP contribution in [-0.4, -0.2) is 23.2 Å². The molecule has 5 nitrogen and oxygen atoms in total. The van der Waals surface area contributed by atoms with E-state index >= 15 is 0 Å². The Morgan fingerprint density at radius 3 is 2.71 bits per heavy atom. The number of amides is 1. The quantitative estimate of drug-likeness (QED) is 0.786. The number of benzene rings is 1. The van der Waals surface area contributed by atoms with Gasteiger partial charge in [0.2, 0.25) is 0 Å². The first-order chi connectivity index (χ1) is 11.5. The van der Waals surface area contributed by atoms with Gasteiger partial charge in [-0.1, -0.05) is 28.8 Å². The summed E-state index contributed by atoms with van der Waals surface area (Å²) in [5.41, 5.74) is 1.13. The fraction of sp³-hybridized carbons (Fsp3) is 0.353. The highest BCUT2D eigenvalue weighted by atomic mass is 79.9. The number of hydrogen-bond acceptors (Lipinski definition) is 4. The van der Waals surface area contributed by atoms with Crippen molar-refractivity contribution in [3.63, 3.8) is 0 Å². The van der Waals surface area contributed by atoms with Crippen LogP contribution in [0.3, 0.4) is 0 Å². The number of nitrogens with one attached hydrogen (secondary N) is 2. The number of aromatic nitrogens is 2. The van der Waals surface area contributed by atoms with Crippen LogP contribution >= 0.6 is 15.9 Å². The van der Waals surface area contributed by atoms with E-state index in [0.29, 0.717) is 16.2 Å². The normalized spacial score (nSPS) is 15.0. The molecule has 3 rings (SSSR count). The summed E-state index contributed by atoms with van der Waals surface area (Å²) in [4.78, 5) is 11.5. The Hall–Kier alpha value is -2.02. The molecule has 1 aliphatic rings. The van der Waals surface area contributed by atoms with Crippen LogP contribution in [0.15, 0.2) is 34.8 Å². The zero-order valence-corrected chi connectivity index (χ0v) is 14.8. The zero-order valence-electron chi connectivity index (χ0n) is 13.2. The van der Waals surface area contributed by atoms with Crippen LogP contribution < -0.4 is 10.6 Å². The molecule has 1 fully saturated rings. The molecule has 0 spiro atoms. The van der Waals surface area contributed by atoms with Crippen LogP contribution in [0, 0.1) is 11.7 Å². The van der Waals surface area contributed by atoms with Gasteiger partial charge in [0.25, 0.3) is 5.91 Å². The maximum atomic E-state index is 13.7. The maximum Gasteiger partial charge on any atom is 0.271 e. The molecule has 24 heavy (non-hydrogen) atoms. The fourth-order valence-corrected chi connectivity index (χ4v) is 3.06. The van der Waals surface area contributed by atoms with Gasteiger partial charge in [-0.25, -0.2) is 4.39 Å². The van der Waals surface area contributed by atoms with Gasteiger partial charge in [0, 0.05) is 11.5 Å². The predicted molar refractivity (Wildman–Crippen MR) is 93.2 cm³/mol. The summed E-state index contributed by atoms with van der Waals surface area (Å²) in [7, 11) is 1.55. The smallest absolute Gasteiger partial charge is 0.271 e. The number of rotatable bonds is 6. The van der Waals surface area contributed by atoms with Crippen molar-refractivity contribution in [3.05, 3.63) is 51.9 Å². The summed E-state index contributed by atoms with van der Waals surface area (Å²) in [5, 5.41) is 13.8. The fourth-order valence-electron chi connectivity index (χ4n) is 2.58. The van der Waals surface area contributed by atoms with Crippen molar-refractivity contribution in [1.29, 1.82) is 0 Å². The zero-order chi connectivity index (χ0) is 17.1. The highest BCUT2D eigenvalue weighted by molar-refractivity contribution is 9.10. The van der Waals surface area contributed by atoms with Crippen LogP contribution in [0.5, 0.6) is 0 Å². The van der Waals surface area contributed by atoms with Gasteiger partial charge >= 0.3 is 0 Å². The van der Waals surface area contributed by atoms with Gasteiger partial charge in [-0.2, -0.15) is 0 Å². The number of anilines is 1. The van der Waals surface area contributed by atoms with E-state index in [4.69, 9.17) is 0 Å². The molecule has 1 heterocycles. The number of halogens is 2. The molecule has 1 amide bonds. The largest absolute Gasteiger partial charge is 0.362 e. The second kappa shape index (κ2) is 7.25. The lowest BCUT2D eigenvalue weighted by Gasteiger charge is -2.20. The Bertz CT molecular complexity index is 714. The van der Waals surface area contributed by atoms with Crippen LogP contribution in [0.4, 0.5) is 10.2 Å². The van der Waals surface area contributed by atoms with Gasteiger partial charge in [0.15, 0.2) is 5.69 Å². The summed E-state index contributed by atoms with van der Waals surface area (Å²) in [6.07, 6.45) is 3.32. The lowest BCUT2D eigenvalue weighted by atomic mass is 10.0. The molecular weight excluding hydrogens is 375 g/mol. The van der Waals surface area contributed by atoms with E-state index < -0.39 is 0 Å². The standard InChI is InChI=1S/C17H18BrFN4O/c1-20-17(24)14-4-5-16(23-22-14)21-15(6-10-2-3-10)11-7-12(18)9-13(19)8-11/h4-5,7-10,15H,2-3,6H2,1H3,(H,20,24)(H,21,23). The van der Waals surface area contributed by atoms with Crippen LogP contribution in [0.25, 0.3) is 0 Å². The molecule has 2 N–H and O–H groups in total. The number of hydrogen-bond donors (Lipinski definition) is 2. The topological polar surface area (TPSA) is 66.9 Å². The minimum absolute atomic E-state index is 0.0512. The average molecular weight is 393 g/mol. The molecule has 126 valence electrons. The van der Waals surface area contributed by atoms with Crippen molar-refractivity contribution < 1.29 is 9.18 Å². The van der Waals surface area contributed by atoms with Crippen molar-refractivity contribution in [2.45, 2.75) is 25.3 Å². The highest BCUT2D eigenvalue weighted by Gasteiger charge is 2.27. The van der Waals surface area contributed by atoms with Crippen molar-refractivity contribution in [3.8, 4) is 0 Å². The SMILES string of the molecule is CNC(=O)c1ccc(NC(CC2CC2)c2cc(F)cc(Br)c2)nn1. The predicted octanol–water partition coefficient (Wildman–Crippen LogP) is 3.69. The third-order valence-electron chi connectivity index (χ3n) is 4.00. The van der Waals surface area contributed by atoms with E-state index in [9.17, 15) is 9.18 Å². The lowest BCUT2D eigenvalue weighted by Crippen LogP contribution is -2.20. The Balaban J connectivity index is 1.80. The van der Waals surface area contributed by atoms with Crippen LogP contribution in [-0.2, 0) is 0 Å². The van der Waals surface area contributed by atoms with E-state index in [1.807, 2.05) is 6.07 Å². The monoisotopic (exact) mass is 392 g/mol. The van der Waals surface area contributed by atoms with Gasteiger partial charge in [-0.05, 0) is 48.2 Å². The molecular formula is C17H18BrFN4O. The lowest BCUT2D eigenvalue weighted by molar-refractivity contribution is 0.0957. The first-order valence-corrected chi connectivity index (χ1v) is 8.63. The van der Waals surface area contributed by atoms with Crippen molar-refractivity contribution >= 4 is 27.7 Å². The Kier molecular flexibility index (Phi) is 5.08. The molecule has 0 bridgehead atoms. The molecule has 1 aromatic carbocycles. The minimum atomic E-state index is -0.280. The Morgan fingerprint density at radius 2 is 2.12 bits per heavy atom. The second-order valence-corrected chi connectivity index (χ2v) is 6.88. The molecule has 1 saturated carbocycles. The number of carbonyl (C=O) groups excluding carboxylic acids is 1. The van der Waals surface area contributed by atoms with Crippen molar-refractivity contribution in [2.75, 3.05) is 12.4 Å². The molecule has 2 aromatic rings. The molecule has 1 unspecified atom stereocenters. The van der Waals surface area contributed by atoms with Crippen LogP contribution in [0.2, 0.25) is 0 Å². The van der Waals surface area contributed by atoms with Crippen molar-refractivity contribution in [1.82, 2.24) is 15.5 Å². The van der Waals surface area contributed by atoms with Gasteiger partial charge in [0.05, 0.1) is 6.04 Å². The van der Waals surface area contributed by atoms with E-state index in [1.54, 1.807) is 19.2 Å². The number of nitrogens with zero attached hydrogens (tertiary/aromatic N) is 2. The summed E-state index contributed by atoms with van der Waals surface area (Å²) >= 11 is 3.34. The average Bonchev–Trinajstić information content (AvgIpc) is 3.37. The van der Waals surface area contributed by atoms with E-state index in [0.717, 1.165) is 12.0 Å². The minimum Gasteiger partial charge on any atom is -0.362 e. The first-order valence-electron chi connectivity index (χ1n) is 7.83. The Labute approximate surface area is 148 Å². The summed E-state index contributed by atoms with van der Waals surface area (Å²) < 4.78 is 14.4. The van der Waals surface area contributed by atoms with Gasteiger partial charge in [-0.15, -0.1) is 10.2 Å². The Morgan fingerprint density at radius 1 is 1.33 bits per heavy atom. The van der Waals surface area contributed by atoms with Crippen LogP contribution in [0.1, 0.15) is 41.4 Å². The molecule has 7 heteroatoms. The third kappa shape index (κ3) is 4.29. The molecule has 1 aromatic heterocycles. The summed E-state index contributed by atoms with van der Waals surface area (Å²) in [6.45, 7) is 0. The van der Waals surface area contributed by atoms with Gasteiger partial charge in [-0.3, -0.25) is 4.79 Å². The van der Waals surface area contributed by atoms with E-state index in [-0.39, 0.29) is 23.5 Å². The highest BCUT2D eigenvalue weighted by Crippen LogP contribution is 2.39. The van der Waals surface area contributed by atoms with Crippen molar-refractivity contribution in [2.24, 2.45) is 5.92 Å². The molecule has 1 aliphatic carbocycles. The first kappa shape index (κ1) is 16.8. The summed E-state index contributed by atoms with van der Waals surface area (Å²) in [5.74, 6) is 0.664. The van der Waals surface area contributed by atoms with Gasteiger partial charge in [0.1, 0.15) is 11.6 Å². The van der Waals surface area contributed by atoms with E-state index in [1.165, 1.54) is 25.0 Å². The molecule has 0 aliphatic heterocycles. The van der Waals surface area contributed by atoms with Gasteiger partial charge < -0.3 is 10.6 Å². The molecule has 0 saturated heterocycles. The van der Waals surface area contributed by atoms with E-state index in [2.05, 4.69) is 36.8 Å². The third-order valence-corrected chi connectivity index (χ3v) is 4.46. The molecule has 1 atom stereocenters. The maximum absolute atomic E-state index is 13.7. The number of carbonyl (C=O) groups is 1. The second-order valence-electron chi connectivity index (χ2n) is 5.96. The molecule has 0 radical (unpaired) electrons. The summed E-state index contributed by atoms with van der Waals surface area (Å²) in [6, 6.07) is 8.17.